The third-order valence-corrected chi connectivity index (χ3v) is 2.28. The molecule has 66 valence electrons. The van der Waals surface area contributed by atoms with E-state index in [1.807, 2.05) is 0 Å². The smallest absolute Gasteiger partial charge is 0.270 e. The predicted molar refractivity (Wildman–Crippen MR) is 48.3 cm³/mol. The van der Waals surface area contributed by atoms with Crippen molar-refractivity contribution in [2.45, 2.75) is 6.42 Å². The van der Waals surface area contributed by atoms with Crippen LogP contribution in [0.2, 0.25) is 0 Å². The largest absolute Gasteiger partial charge is 0.354 e. The summed E-state index contributed by atoms with van der Waals surface area (Å²) >= 11 is 1.47. The van der Waals surface area contributed by atoms with E-state index in [2.05, 4.69) is 10.3 Å². The van der Waals surface area contributed by atoms with E-state index >= 15 is 0 Å². The molecule has 0 aliphatic heterocycles. The van der Waals surface area contributed by atoms with Crippen molar-refractivity contribution in [1.29, 1.82) is 0 Å². The number of carbonyl (C=O) groups is 1. The van der Waals surface area contributed by atoms with Gasteiger partial charge in [-0.05, 0) is 6.54 Å². The van der Waals surface area contributed by atoms with Crippen LogP contribution in [0, 0.1) is 0 Å². The summed E-state index contributed by atoms with van der Waals surface area (Å²) in [5.74, 6) is -0.144. The standard InChI is InChI=1S/C7H11N3OS/c1-9-7(11)5-4-12-6(10-5)2-3-8/h4H,2-3,8H2,1H3,(H,9,11). The number of nitrogens with two attached hydrogens (primary N) is 1. The number of thiazole rings is 1. The van der Waals surface area contributed by atoms with Gasteiger partial charge >= 0.3 is 0 Å². The van der Waals surface area contributed by atoms with Gasteiger partial charge in [-0.3, -0.25) is 4.79 Å². The van der Waals surface area contributed by atoms with Gasteiger partial charge in [0, 0.05) is 18.8 Å². The fourth-order valence-corrected chi connectivity index (χ4v) is 1.58. The lowest BCUT2D eigenvalue weighted by molar-refractivity contribution is 0.0958. The molecule has 0 aliphatic carbocycles. The molecule has 0 aromatic carbocycles. The zero-order valence-electron chi connectivity index (χ0n) is 6.83. The second kappa shape index (κ2) is 4.18. The van der Waals surface area contributed by atoms with Gasteiger partial charge in [-0.2, -0.15) is 0 Å². The van der Waals surface area contributed by atoms with Crippen molar-refractivity contribution in [2.24, 2.45) is 5.73 Å². The van der Waals surface area contributed by atoms with Crippen molar-refractivity contribution in [3.05, 3.63) is 16.1 Å². The number of amides is 1. The number of nitrogens with zero attached hydrogens (tertiary/aromatic N) is 1. The fraction of sp³-hybridized carbons (Fsp3) is 0.429. The van der Waals surface area contributed by atoms with Crippen molar-refractivity contribution in [1.82, 2.24) is 10.3 Å². The summed E-state index contributed by atoms with van der Waals surface area (Å²) in [7, 11) is 1.59. The second-order valence-electron chi connectivity index (χ2n) is 2.24. The molecule has 0 saturated carbocycles. The summed E-state index contributed by atoms with van der Waals surface area (Å²) in [5, 5.41) is 5.16. The molecule has 5 heteroatoms. The minimum Gasteiger partial charge on any atom is -0.354 e. The number of nitrogens with one attached hydrogen (secondary N) is 1. The second-order valence-corrected chi connectivity index (χ2v) is 3.19. The summed E-state index contributed by atoms with van der Waals surface area (Å²) in [5.41, 5.74) is 5.82. The number of hydrogen-bond acceptors (Lipinski definition) is 4. The van der Waals surface area contributed by atoms with E-state index in [4.69, 9.17) is 5.73 Å². The molecule has 12 heavy (non-hydrogen) atoms. The van der Waals surface area contributed by atoms with Crippen LogP contribution in [0.5, 0.6) is 0 Å². The molecule has 0 fully saturated rings. The Kier molecular flexibility index (Phi) is 3.19. The van der Waals surface area contributed by atoms with Crippen molar-refractivity contribution >= 4 is 17.2 Å². The number of aromatic nitrogens is 1. The summed E-state index contributed by atoms with van der Waals surface area (Å²) in [6.45, 7) is 0.570. The van der Waals surface area contributed by atoms with E-state index < -0.39 is 0 Å². The Morgan fingerprint density at radius 1 is 1.83 bits per heavy atom. The van der Waals surface area contributed by atoms with Crippen LogP contribution in [0.25, 0.3) is 0 Å². The third kappa shape index (κ3) is 2.02. The molecule has 0 unspecified atom stereocenters. The highest BCUT2D eigenvalue weighted by Gasteiger charge is 2.07. The normalized spacial score (nSPS) is 9.83. The first-order chi connectivity index (χ1) is 5.77. The van der Waals surface area contributed by atoms with E-state index in [0.29, 0.717) is 12.2 Å². The van der Waals surface area contributed by atoms with Crippen LogP contribution < -0.4 is 11.1 Å². The van der Waals surface area contributed by atoms with Crippen LogP contribution in [-0.2, 0) is 6.42 Å². The van der Waals surface area contributed by atoms with Gasteiger partial charge < -0.3 is 11.1 Å². The van der Waals surface area contributed by atoms with Crippen molar-refractivity contribution in [3.63, 3.8) is 0 Å². The van der Waals surface area contributed by atoms with E-state index in [1.165, 1.54) is 11.3 Å². The van der Waals surface area contributed by atoms with Gasteiger partial charge in [0.15, 0.2) is 0 Å². The topological polar surface area (TPSA) is 68.0 Å². The number of carbonyl (C=O) groups excluding carboxylic acids is 1. The van der Waals surface area contributed by atoms with Crippen LogP contribution in [0.15, 0.2) is 5.38 Å². The maximum absolute atomic E-state index is 11.0. The molecule has 0 atom stereocenters. The number of rotatable bonds is 3. The van der Waals surface area contributed by atoms with E-state index in [0.717, 1.165) is 11.4 Å². The monoisotopic (exact) mass is 185 g/mol. The maximum atomic E-state index is 11.0. The average molecular weight is 185 g/mol. The molecule has 1 heterocycles. The summed E-state index contributed by atoms with van der Waals surface area (Å²) < 4.78 is 0. The first-order valence-corrected chi connectivity index (χ1v) is 4.52. The van der Waals surface area contributed by atoms with E-state index in [1.54, 1.807) is 12.4 Å². The first kappa shape index (κ1) is 9.15. The molecule has 4 nitrogen and oxygen atoms in total. The molecule has 3 N–H and O–H groups in total. The number of hydrogen-bond donors (Lipinski definition) is 2. The van der Waals surface area contributed by atoms with Gasteiger partial charge in [0.1, 0.15) is 5.69 Å². The minimum absolute atomic E-state index is 0.144. The molecule has 0 saturated heterocycles. The Morgan fingerprint density at radius 3 is 3.17 bits per heavy atom. The van der Waals surface area contributed by atoms with Crippen LogP contribution >= 0.6 is 11.3 Å². The molecule has 0 bridgehead atoms. The van der Waals surface area contributed by atoms with Crippen molar-refractivity contribution in [3.8, 4) is 0 Å². The molecule has 1 aromatic heterocycles. The molecule has 0 spiro atoms. The lowest BCUT2D eigenvalue weighted by Crippen LogP contribution is -2.18. The van der Waals surface area contributed by atoms with Crippen molar-refractivity contribution < 1.29 is 4.79 Å². The van der Waals surface area contributed by atoms with Gasteiger partial charge in [0.05, 0.1) is 5.01 Å². The predicted octanol–water partition coefficient (Wildman–Crippen LogP) is 0.00390. The third-order valence-electron chi connectivity index (χ3n) is 1.37. The molecule has 1 aromatic rings. The Labute approximate surface area is 74.8 Å². The molecular weight excluding hydrogens is 174 g/mol. The minimum atomic E-state index is -0.144. The Bertz CT molecular complexity index is 271. The van der Waals surface area contributed by atoms with Crippen LogP contribution in [0.1, 0.15) is 15.5 Å². The van der Waals surface area contributed by atoms with Crippen LogP contribution in [0.4, 0.5) is 0 Å². The summed E-state index contributed by atoms with van der Waals surface area (Å²) in [6, 6.07) is 0. The zero-order chi connectivity index (χ0) is 8.97. The zero-order valence-corrected chi connectivity index (χ0v) is 7.65. The molecule has 1 amide bonds. The average Bonchev–Trinajstić information content (AvgIpc) is 2.52. The van der Waals surface area contributed by atoms with E-state index in [9.17, 15) is 4.79 Å². The fourth-order valence-electron chi connectivity index (χ4n) is 0.782. The van der Waals surface area contributed by atoms with Gasteiger partial charge in [-0.15, -0.1) is 11.3 Å². The molecular formula is C7H11N3OS. The Hall–Kier alpha value is -0.940. The Morgan fingerprint density at radius 2 is 2.58 bits per heavy atom. The maximum Gasteiger partial charge on any atom is 0.270 e. The highest BCUT2D eigenvalue weighted by Crippen LogP contribution is 2.09. The highest BCUT2D eigenvalue weighted by atomic mass is 32.1. The first-order valence-electron chi connectivity index (χ1n) is 3.64. The quantitative estimate of drug-likeness (QED) is 0.696. The van der Waals surface area contributed by atoms with Crippen LogP contribution in [-0.4, -0.2) is 24.5 Å². The molecule has 0 aliphatic rings. The van der Waals surface area contributed by atoms with Gasteiger partial charge in [0.25, 0.3) is 5.91 Å². The van der Waals surface area contributed by atoms with Crippen molar-refractivity contribution in [2.75, 3.05) is 13.6 Å². The van der Waals surface area contributed by atoms with Crippen LogP contribution in [0.3, 0.4) is 0 Å². The van der Waals surface area contributed by atoms with Gasteiger partial charge in [-0.1, -0.05) is 0 Å². The summed E-state index contributed by atoms with van der Waals surface area (Å²) in [6.07, 6.45) is 0.738. The molecule has 0 radical (unpaired) electrons. The SMILES string of the molecule is CNC(=O)c1csc(CCN)n1. The van der Waals surface area contributed by atoms with Gasteiger partial charge in [-0.25, -0.2) is 4.98 Å². The van der Waals surface area contributed by atoms with Gasteiger partial charge in [0.2, 0.25) is 0 Å². The Balaban J connectivity index is 2.70. The lowest BCUT2D eigenvalue weighted by Gasteiger charge is -1.91. The van der Waals surface area contributed by atoms with E-state index in [-0.39, 0.29) is 5.91 Å². The summed E-state index contributed by atoms with van der Waals surface area (Å²) in [4.78, 5) is 15.1. The lowest BCUT2D eigenvalue weighted by atomic mass is 10.4. The highest BCUT2D eigenvalue weighted by molar-refractivity contribution is 7.09. The molecule has 1 rings (SSSR count).